The van der Waals surface area contributed by atoms with Crippen molar-refractivity contribution in [3.8, 4) is 5.69 Å². The van der Waals surface area contributed by atoms with Crippen LogP contribution in [0.25, 0.3) is 16.6 Å². The molecule has 4 rings (SSSR count). The van der Waals surface area contributed by atoms with E-state index in [0.717, 1.165) is 4.57 Å². The first-order valence-electron chi connectivity index (χ1n) is 9.80. The van der Waals surface area contributed by atoms with Crippen molar-refractivity contribution in [2.45, 2.75) is 13.0 Å². The van der Waals surface area contributed by atoms with E-state index in [2.05, 4.69) is 15.3 Å². The van der Waals surface area contributed by atoms with Gasteiger partial charge in [0.05, 0.1) is 16.9 Å². The van der Waals surface area contributed by atoms with Gasteiger partial charge in [-0.15, -0.1) is 0 Å². The standard InChI is InChI=1S/C22H17FIN5O5/c1-9-16-15(19(27-20(9)32)26-14-6-5-11(24)8-13(14)23)21(33)28-22(34)29(16)12-4-2-3-10(7-12)17(30)18(25)31/h2-8,17,30H,1H3,(H2,25,31)(H2,26,27,32)(H,28,33,34). The molecule has 1 atom stereocenters. The van der Waals surface area contributed by atoms with E-state index in [9.17, 15) is 28.7 Å². The number of aromatic amines is 2. The summed E-state index contributed by atoms with van der Waals surface area (Å²) in [6.07, 6.45) is -1.63. The Kier molecular flexibility index (Phi) is 6.10. The van der Waals surface area contributed by atoms with Crippen LogP contribution < -0.4 is 27.9 Å². The van der Waals surface area contributed by atoms with Crippen molar-refractivity contribution in [3.63, 3.8) is 0 Å². The number of aliphatic hydroxyl groups is 1. The third kappa shape index (κ3) is 4.12. The number of nitrogens with two attached hydrogens (primary N) is 1. The van der Waals surface area contributed by atoms with Gasteiger partial charge in [0.25, 0.3) is 17.0 Å². The Bertz CT molecular complexity index is 1640. The maximum Gasteiger partial charge on any atom is 0.333 e. The summed E-state index contributed by atoms with van der Waals surface area (Å²) in [7, 11) is 0. The number of aromatic nitrogens is 3. The predicted molar refractivity (Wildman–Crippen MR) is 132 cm³/mol. The van der Waals surface area contributed by atoms with E-state index in [1.54, 1.807) is 6.07 Å². The number of aliphatic hydroxyl groups excluding tert-OH is 1. The first-order chi connectivity index (χ1) is 16.1. The molecule has 1 unspecified atom stereocenters. The van der Waals surface area contributed by atoms with Gasteiger partial charge in [0.15, 0.2) is 6.10 Å². The number of rotatable bonds is 5. The van der Waals surface area contributed by atoms with Crippen molar-refractivity contribution in [2.75, 3.05) is 5.32 Å². The van der Waals surface area contributed by atoms with Gasteiger partial charge in [-0.3, -0.25) is 23.9 Å². The average Bonchev–Trinajstić information content (AvgIpc) is 2.78. The molecule has 0 saturated heterocycles. The lowest BCUT2D eigenvalue weighted by atomic mass is 10.1. The molecule has 0 aliphatic heterocycles. The fraction of sp³-hybridized carbons (Fsp3) is 0.0909. The Morgan fingerprint density at radius 2 is 1.88 bits per heavy atom. The molecule has 2 heterocycles. The van der Waals surface area contributed by atoms with Gasteiger partial charge in [-0.25, -0.2) is 9.18 Å². The number of carbonyl (C=O) groups excluding carboxylic acids is 1. The van der Waals surface area contributed by atoms with Gasteiger partial charge < -0.3 is 21.1 Å². The molecule has 0 radical (unpaired) electrons. The first kappa shape index (κ1) is 23.4. The topological polar surface area (TPSA) is 163 Å². The second-order valence-corrected chi connectivity index (χ2v) is 8.67. The summed E-state index contributed by atoms with van der Waals surface area (Å²) >= 11 is 1.94. The van der Waals surface area contributed by atoms with Gasteiger partial charge in [-0.1, -0.05) is 12.1 Å². The second kappa shape index (κ2) is 8.87. The Labute approximate surface area is 203 Å². The highest BCUT2D eigenvalue weighted by Gasteiger charge is 2.20. The minimum atomic E-state index is -1.63. The van der Waals surface area contributed by atoms with Gasteiger partial charge in [0.2, 0.25) is 0 Å². The third-order valence-corrected chi connectivity index (χ3v) is 5.87. The Morgan fingerprint density at radius 1 is 1.15 bits per heavy atom. The van der Waals surface area contributed by atoms with Crippen LogP contribution in [0, 0.1) is 16.3 Å². The molecular weight excluding hydrogens is 560 g/mol. The number of aryl methyl sites for hydroxylation is 1. The van der Waals surface area contributed by atoms with Gasteiger partial charge in [-0.05, 0) is 65.4 Å². The number of halogens is 2. The molecule has 0 fully saturated rings. The molecule has 0 spiro atoms. The number of benzene rings is 2. The number of carbonyl (C=O) groups is 1. The zero-order valence-electron chi connectivity index (χ0n) is 17.5. The summed E-state index contributed by atoms with van der Waals surface area (Å²) in [5, 5.41) is 12.6. The summed E-state index contributed by atoms with van der Waals surface area (Å²) in [5.74, 6) is -1.72. The summed E-state index contributed by atoms with van der Waals surface area (Å²) in [6, 6.07) is 10.1. The maximum absolute atomic E-state index is 14.4. The summed E-state index contributed by atoms with van der Waals surface area (Å²) in [5.41, 5.74) is 3.17. The highest BCUT2D eigenvalue weighted by molar-refractivity contribution is 14.1. The van der Waals surface area contributed by atoms with Gasteiger partial charge in [0, 0.05) is 9.13 Å². The molecule has 0 aliphatic rings. The van der Waals surface area contributed by atoms with E-state index in [-0.39, 0.29) is 39.2 Å². The number of hydrogen-bond acceptors (Lipinski definition) is 6. The van der Waals surface area contributed by atoms with Gasteiger partial charge >= 0.3 is 5.69 Å². The predicted octanol–water partition coefficient (Wildman–Crippen LogP) is 1.68. The van der Waals surface area contributed by atoms with Crippen LogP contribution in [0.3, 0.4) is 0 Å². The van der Waals surface area contributed by atoms with Gasteiger partial charge in [0.1, 0.15) is 17.0 Å². The first-order valence-corrected chi connectivity index (χ1v) is 10.9. The summed E-state index contributed by atoms with van der Waals surface area (Å²) < 4.78 is 16.2. The number of amides is 1. The largest absolute Gasteiger partial charge is 0.378 e. The number of primary amides is 1. The lowest BCUT2D eigenvalue weighted by Crippen LogP contribution is -2.32. The van der Waals surface area contributed by atoms with Gasteiger partial charge in [-0.2, -0.15) is 0 Å². The van der Waals surface area contributed by atoms with E-state index in [0.29, 0.717) is 3.57 Å². The van der Waals surface area contributed by atoms with Crippen molar-refractivity contribution in [1.82, 2.24) is 14.5 Å². The molecule has 0 saturated carbocycles. The zero-order valence-corrected chi connectivity index (χ0v) is 19.6. The molecule has 34 heavy (non-hydrogen) atoms. The molecule has 0 aliphatic carbocycles. The molecular formula is C22H17FIN5O5. The zero-order chi connectivity index (χ0) is 24.7. The van der Waals surface area contributed by atoms with Crippen LogP contribution in [0.2, 0.25) is 0 Å². The van der Waals surface area contributed by atoms with E-state index < -0.39 is 34.6 Å². The maximum atomic E-state index is 14.4. The van der Waals surface area contributed by atoms with E-state index in [4.69, 9.17) is 5.73 Å². The monoisotopic (exact) mass is 577 g/mol. The number of pyridine rings is 1. The van der Waals surface area contributed by atoms with E-state index in [1.165, 1.54) is 43.3 Å². The molecule has 12 heteroatoms. The SMILES string of the molecule is Cc1c(=O)[nH]c(Nc2ccc(I)cc2F)c2c(=O)[nH]c(=O)n(-c3cccc(C(O)C(N)=O)c3)c12. The van der Waals surface area contributed by atoms with Crippen LogP contribution in [-0.4, -0.2) is 25.5 Å². The van der Waals surface area contributed by atoms with Crippen molar-refractivity contribution in [1.29, 1.82) is 0 Å². The molecule has 0 bridgehead atoms. The highest BCUT2D eigenvalue weighted by Crippen LogP contribution is 2.26. The number of hydrogen-bond donors (Lipinski definition) is 5. The number of nitrogens with one attached hydrogen (secondary N) is 3. The third-order valence-electron chi connectivity index (χ3n) is 5.20. The van der Waals surface area contributed by atoms with Crippen molar-refractivity contribution in [2.24, 2.45) is 5.73 Å². The number of H-pyrrole nitrogens is 2. The minimum absolute atomic E-state index is 0.00458. The molecule has 4 aromatic rings. The molecule has 6 N–H and O–H groups in total. The Morgan fingerprint density at radius 3 is 2.56 bits per heavy atom. The molecule has 2 aromatic heterocycles. The van der Waals surface area contributed by atoms with Crippen LogP contribution in [0.4, 0.5) is 15.9 Å². The normalized spacial score (nSPS) is 12.0. The van der Waals surface area contributed by atoms with Crippen LogP contribution in [-0.2, 0) is 4.79 Å². The molecule has 174 valence electrons. The molecule has 2 aromatic carbocycles. The van der Waals surface area contributed by atoms with Crippen molar-refractivity contribution < 1.29 is 14.3 Å². The van der Waals surface area contributed by atoms with Crippen LogP contribution in [0.1, 0.15) is 17.2 Å². The quantitative estimate of drug-likeness (QED) is 0.227. The van der Waals surface area contributed by atoms with Crippen LogP contribution >= 0.6 is 22.6 Å². The van der Waals surface area contributed by atoms with Crippen molar-refractivity contribution >= 4 is 50.9 Å². The summed E-state index contributed by atoms with van der Waals surface area (Å²) in [6.45, 7) is 1.42. The van der Waals surface area contributed by atoms with E-state index in [1.807, 2.05) is 22.6 Å². The Hall–Kier alpha value is -3.78. The highest BCUT2D eigenvalue weighted by atomic mass is 127. The number of fused-ring (bicyclic) bond motifs is 1. The second-order valence-electron chi connectivity index (χ2n) is 7.42. The lowest BCUT2D eigenvalue weighted by molar-refractivity contribution is -0.126. The number of nitrogens with zero attached hydrogens (tertiary/aromatic N) is 1. The van der Waals surface area contributed by atoms with E-state index >= 15 is 0 Å². The Balaban J connectivity index is 2.03. The fourth-order valence-electron chi connectivity index (χ4n) is 3.56. The van der Waals surface area contributed by atoms with Crippen LogP contribution in [0.15, 0.2) is 56.8 Å². The molecule has 10 nitrogen and oxygen atoms in total. The number of anilines is 2. The lowest BCUT2D eigenvalue weighted by Gasteiger charge is -2.16. The molecule has 1 amide bonds. The average molecular weight is 577 g/mol. The van der Waals surface area contributed by atoms with Crippen molar-refractivity contribution in [3.05, 3.63) is 94.2 Å². The van der Waals surface area contributed by atoms with Crippen LogP contribution in [0.5, 0.6) is 0 Å². The smallest absolute Gasteiger partial charge is 0.333 e. The minimum Gasteiger partial charge on any atom is -0.378 e. The fourth-order valence-corrected chi connectivity index (χ4v) is 4.02. The summed E-state index contributed by atoms with van der Waals surface area (Å²) in [4.78, 5) is 54.5.